The molecule has 2 fully saturated rings. The topological polar surface area (TPSA) is 47.1 Å². The van der Waals surface area contributed by atoms with Crippen molar-refractivity contribution in [3.8, 4) is 5.69 Å². The molecule has 2 aromatic rings. The molecule has 3 atom stereocenters. The molecular formula is C17H23ClN4. The first kappa shape index (κ1) is 15.5. The predicted octanol–water partition coefficient (Wildman–Crippen LogP) is 2.46. The molecule has 1 saturated heterocycles. The van der Waals surface area contributed by atoms with Gasteiger partial charge >= 0.3 is 0 Å². The smallest absolute Gasteiger partial charge is 0.0645 e. The van der Waals surface area contributed by atoms with E-state index in [-0.39, 0.29) is 12.4 Å². The minimum Gasteiger partial charge on any atom is -0.327 e. The SMILES string of the molecule is Cl.NC1CCC2CN(Cc3ccc(-n4cccn4)cc3)CC12. The Morgan fingerprint density at radius 1 is 1.14 bits per heavy atom. The third kappa shape index (κ3) is 2.91. The monoisotopic (exact) mass is 318 g/mol. The molecule has 0 bridgehead atoms. The van der Waals surface area contributed by atoms with Crippen LogP contribution in [0.5, 0.6) is 0 Å². The van der Waals surface area contributed by atoms with Crippen molar-refractivity contribution in [1.29, 1.82) is 0 Å². The summed E-state index contributed by atoms with van der Waals surface area (Å²) in [6.45, 7) is 3.44. The number of nitrogens with zero attached hydrogens (tertiary/aromatic N) is 3. The van der Waals surface area contributed by atoms with Crippen molar-refractivity contribution in [2.75, 3.05) is 13.1 Å². The molecule has 1 aliphatic heterocycles. The van der Waals surface area contributed by atoms with Crippen LogP contribution in [0.1, 0.15) is 18.4 Å². The summed E-state index contributed by atoms with van der Waals surface area (Å²) < 4.78 is 1.89. The zero-order chi connectivity index (χ0) is 14.2. The van der Waals surface area contributed by atoms with Gasteiger partial charge in [-0.15, -0.1) is 12.4 Å². The number of halogens is 1. The summed E-state index contributed by atoms with van der Waals surface area (Å²) in [5.41, 5.74) is 8.70. The summed E-state index contributed by atoms with van der Waals surface area (Å²) in [4.78, 5) is 2.57. The van der Waals surface area contributed by atoms with E-state index < -0.39 is 0 Å². The van der Waals surface area contributed by atoms with Gasteiger partial charge in [0.05, 0.1) is 5.69 Å². The van der Waals surface area contributed by atoms with E-state index in [2.05, 4.69) is 34.3 Å². The Kier molecular flexibility index (Phi) is 4.52. The number of aromatic nitrogens is 2. The Morgan fingerprint density at radius 3 is 2.64 bits per heavy atom. The van der Waals surface area contributed by atoms with Crippen molar-refractivity contribution in [2.45, 2.75) is 25.4 Å². The lowest BCUT2D eigenvalue weighted by molar-refractivity contribution is 0.298. The second-order valence-electron chi connectivity index (χ2n) is 6.48. The first-order valence-electron chi connectivity index (χ1n) is 7.86. The Bertz CT molecular complexity index is 596. The lowest BCUT2D eigenvalue weighted by Gasteiger charge is -2.18. The van der Waals surface area contributed by atoms with Crippen LogP contribution in [0, 0.1) is 11.8 Å². The molecule has 2 heterocycles. The lowest BCUT2D eigenvalue weighted by Crippen LogP contribution is -2.30. The molecule has 4 rings (SSSR count). The molecule has 22 heavy (non-hydrogen) atoms. The van der Waals surface area contributed by atoms with Gasteiger partial charge in [-0.1, -0.05) is 12.1 Å². The maximum absolute atomic E-state index is 6.21. The van der Waals surface area contributed by atoms with Crippen LogP contribution in [0.3, 0.4) is 0 Å². The number of nitrogens with two attached hydrogens (primary N) is 1. The van der Waals surface area contributed by atoms with Gasteiger partial charge in [0, 0.05) is 38.1 Å². The van der Waals surface area contributed by atoms with Gasteiger partial charge in [0.15, 0.2) is 0 Å². The quantitative estimate of drug-likeness (QED) is 0.945. The number of fused-ring (bicyclic) bond motifs is 1. The predicted molar refractivity (Wildman–Crippen MR) is 90.3 cm³/mol. The average Bonchev–Trinajstić information content (AvgIpc) is 3.20. The number of likely N-dealkylation sites (tertiary alicyclic amines) is 1. The van der Waals surface area contributed by atoms with Gasteiger partial charge in [-0.2, -0.15) is 5.10 Å². The van der Waals surface area contributed by atoms with Crippen LogP contribution in [0.15, 0.2) is 42.7 Å². The van der Waals surface area contributed by atoms with E-state index in [1.807, 2.05) is 16.9 Å². The molecule has 1 aromatic carbocycles. The van der Waals surface area contributed by atoms with Gasteiger partial charge in [-0.3, -0.25) is 4.90 Å². The zero-order valence-corrected chi connectivity index (χ0v) is 13.5. The summed E-state index contributed by atoms with van der Waals surface area (Å²) in [5.74, 6) is 1.57. The maximum Gasteiger partial charge on any atom is 0.0645 e. The largest absolute Gasteiger partial charge is 0.327 e. The van der Waals surface area contributed by atoms with Crippen molar-refractivity contribution in [3.05, 3.63) is 48.3 Å². The van der Waals surface area contributed by atoms with E-state index in [0.717, 1.165) is 24.1 Å². The second kappa shape index (κ2) is 6.41. The van der Waals surface area contributed by atoms with Crippen molar-refractivity contribution in [1.82, 2.24) is 14.7 Å². The Morgan fingerprint density at radius 2 is 1.95 bits per heavy atom. The minimum absolute atomic E-state index is 0. The molecule has 118 valence electrons. The van der Waals surface area contributed by atoms with Gasteiger partial charge in [0.1, 0.15) is 0 Å². The minimum atomic E-state index is 0. The summed E-state index contributed by atoms with van der Waals surface area (Å²) in [6, 6.07) is 11.1. The lowest BCUT2D eigenvalue weighted by atomic mass is 9.98. The molecule has 0 radical (unpaired) electrons. The standard InChI is InChI=1S/C17H22N4.ClH/c18-17-7-4-14-11-20(12-16(14)17)10-13-2-5-15(6-3-13)21-9-1-8-19-21;/h1-3,5-6,8-9,14,16-17H,4,7,10-12,18H2;1H. The van der Waals surface area contributed by atoms with Crippen LogP contribution >= 0.6 is 12.4 Å². The van der Waals surface area contributed by atoms with Gasteiger partial charge in [-0.25, -0.2) is 4.68 Å². The van der Waals surface area contributed by atoms with E-state index in [1.165, 1.54) is 31.5 Å². The fourth-order valence-electron chi connectivity index (χ4n) is 3.96. The number of hydrogen-bond acceptors (Lipinski definition) is 3. The van der Waals surface area contributed by atoms with Crippen LogP contribution in [0.4, 0.5) is 0 Å². The Balaban J connectivity index is 0.00000144. The van der Waals surface area contributed by atoms with E-state index in [0.29, 0.717) is 6.04 Å². The number of rotatable bonds is 3. The third-order valence-electron chi connectivity index (χ3n) is 5.10. The van der Waals surface area contributed by atoms with Gasteiger partial charge in [0.25, 0.3) is 0 Å². The molecule has 4 nitrogen and oxygen atoms in total. The van der Waals surface area contributed by atoms with Crippen LogP contribution in [-0.4, -0.2) is 33.8 Å². The summed E-state index contributed by atoms with van der Waals surface area (Å²) in [5, 5.41) is 4.26. The summed E-state index contributed by atoms with van der Waals surface area (Å²) in [6.07, 6.45) is 6.32. The maximum atomic E-state index is 6.21. The fraction of sp³-hybridized carbons (Fsp3) is 0.471. The molecule has 1 aliphatic carbocycles. The Hall–Kier alpha value is -1.36. The second-order valence-corrected chi connectivity index (χ2v) is 6.48. The van der Waals surface area contributed by atoms with E-state index in [9.17, 15) is 0 Å². The van der Waals surface area contributed by atoms with Crippen molar-refractivity contribution in [2.24, 2.45) is 17.6 Å². The highest BCUT2D eigenvalue weighted by molar-refractivity contribution is 5.85. The first-order valence-corrected chi connectivity index (χ1v) is 7.86. The van der Waals surface area contributed by atoms with Crippen LogP contribution in [0.2, 0.25) is 0 Å². The molecule has 5 heteroatoms. The molecule has 2 N–H and O–H groups in total. The van der Waals surface area contributed by atoms with Crippen molar-refractivity contribution >= 4 is 12.4 Å². The van der Waals surface area contributed by atoms with E-state index in [1.54, 1.807) is 6.20 Å². The molecule has 1 saturated carbocycles. The van der Waals surface area contributed by atoms with Gasteiger partial charge in [0.2, 0.25) is 0 Å². The molecule has 0 amide bonds. The summed E-state index contributed by atoms with van der Waals surface area (Å²) >= 11 is 0. The molecule has 3 unspecified atom stereocenters. The van der Waals surface area contributed by atoms with Crippen LogP contribution < -0.4 is 5.73 Å². The van der Waals surface area contributed by atoms with Crippen LogP contribution in [0.25, 0.3) is 5.69 Å². The average molecular weight is 319 g/mol. The van der Waals surface area contributed by atoms with Crippen LogP contribution in [-0.2, 0) is 6.54 Å². The molecule has 0 spiro atoms. The van der Waals surface area contributed by atoms with Crippen molar-refractivity contribution in [3.63, 3.8) is 0 Å². The fourth-order valence-corrected chi connectivity index (χ4v) is 3.96. The highest BCUT2D eigenvalue weighted by Gasteiger charge is 2.40. The number of hydrogen-bond donors (Lipinski definition) is 1. The van der Waals surface area contributed by atoms with Gasteiger partial charge in [-0.05, 0) is 48.4 Å². The molecule has 1 aromatic heterocycles. The number of benzene rings is 1. The molecule has 2 aliphatic rings. The van der Waals surface area contributed by atoms with Gasteiger partial charge < -0.3 is 5.73 Å². The van der Waals surface area contributed by atoms with E-state index >= 15 is 0 Å². The molecular weight excluding hydrogens is 296 g/mol. The van der Waals surface area contributed by atoms with E-state index in [4.69, 9.17) is 5.73 Å². The van der Waals surface area contributed by atoms with Crippen molar-refractivity contribution < 1.29 is 0 Å². The normalized spacial score (nSPS) is 27.6. The third-order valence-corrected chi connectivity index (χ3v) is 5.10. The highest BCUT2D eigenvalue weighted by Crippen LogP contribution is 2.37. The first-order chi connectivity index (χ1) is 10.3. The highest BCUT2D eigenvalue weighted by atomic mass is 35.5. The Labute approximate surface area is 137 Å². The zero-order valence-electron chi connectivity index (χ0n) is 12.6. The summed E-state index contributed by atoms with van der Waals surface area (Å²) in [7, 11) is 0.